The zero-order valence-corrected chi connectivity index (χ0v) is 14.8. The summed E-state index contributed by atoms with van der Waals surface area (Å²) in [5.41, 5.74) is 3.25. The standard InChI is InChI=1S/C20H23N5O/c21-13-17-12-15(5-6-19(17)24-9-1-2-10-24)20(26)25-11-3-4-16(14-25)18-7-8-22-23-18/h5-8,12,16H,1-4,9-11,14H2,(H,22,23)/t16-/m0/s1. The van der Waals surface area contributed by atoms with Gasteiger partial charge in [0.25, 0.3) is 5.91 Å². The minimum Gasteiger partial charge on any atom is -0.370 e. The molecule has 2 aromatic rings. The Morgan fingerprint density at radius 3 is 2.77 bits per heavy atom. The fraction of sp³-hybridized carbons (Fsp3) is 0.450. The molecule has 134 valence electrons. The van der Waals surface area contributed by atoms with Gasteiger partial charge in [0.1, 0.15) is 6.07 Å². The molecule has 2 aliphatic heterocycles. The lowest BCUT2D eigenvalue weighted by Crippen LogP contribution is -2.39. The summed E-state index contributed by atoms with van der Waals surface area (Å²) in [4.78, 5) is 17.1. The summed E-state index contributed by atoms with van der Waals surface area (Å²) in [6.07, 6.45) is 6.12. The highest BCUT2D eigenvalue weighted by molar-refractivity contribution is 5.95. The Hall–Kier alpha value is -2.81. The van der Waals surface area contributed by atoms with Crippen LogP contribution in [0, 0.1) is 11.3 Å². The molecule has 2 saturated heterocycles. The van der Waals surface area contributed by atoms with Gasteiger partial charge in [-0.25, -0.2) is 0 Å². The van der Waals surface area contributed by atoms with Crippen LogP contribution >= 0.6 is 0 Å². The van der Waals surface area contributed by atoms with Crippen molar-refractivity contribution in [3.63, 3.8) is 0 Å². The molecule has 0 radical (unpaired) electrons. The molecular formula is C20H23N5O. The largest absolute Gasteiger partial charge is 0.370 e. The zero-order valence-electron chi connectivity index (χ0n) is 14.8. The average Bonchev–Trinajstić information content (AvgIpc) is 3.41. The Bertz CT molecular complexity index is 817. The van der Waals surface area contributed by atoms with Crippen LogP contribution in [-0.2, 0) is 0 Å². The number of hydrogen-bond acceptors (Lipinski definition) is 4. The average molecular weight is 349 g/mol. The lowest BCUT2D eigenvalue weighted by atomic mass is 9.94. The van der Waals surface area contributed by atoms with E-state index in [-0.39, 0.29) is 5.91 Å². The van der Waals surface area contributed by atoms with Gasteiger partial charge in [-0.1, -0.05) is 0 Å². The topological polar surface area (TPSA) is 76.0 Å². The lowest BCUT2D eigenvalue weighted by molar-refractivity contribution is 0.0706. The van der Waals surface area contributed by atoms with Gasteiger partial charge in [-0.15, -0.1) is 0 Å². The predicted molar refractivity (Wildman–Crippen MR) is 99.1 cm³/mol. The van der Waals surface area contributed by atoms with Crippen LogP contribution in [0.2, 0.25) is 0 Å². The van der Waals surface area contributed by atoms with Crippen molar-refractivity contribution in [1.82, 2.24) is 15.1 Å². The number of carbonyl (C=O) groups excluding carboxylic acids is 1. The minimum absolute atomic E-state index is 0.0127. The Labute approximate surface area is 153 Å². The molecule has 1 atom stereocenters. The first-order chi connectivity index (χ1) is 12.8. The van der Waals surface area contributed by atoms with Crippen LogP contribution in [-0.4, -0.2) is 47.2 Å². The van der Waals surface area contributed by atoms with Crippen LogP contribution in [0.3, 0.4) is 0 Å². The Morgan fingerprint density at radius 1 is 1.19 bits per heavy atom. The smallest absolute Gasteiger partial charge is 0.253 e. The van der Waals surface area contributed by atoms with Gasteiger partial charge in [0.2, 0.25) is 0 Å². The van der Waals surface area contributed by atoms with Gasteiger partial charge in [0.15, 0.2) is 0 Å². The van der Waals surface area contributed by atoms with Crippen LogP contribution in [0.4, 0.5) is 5.69 Å². The maximum atomic E-state index is 13.0. The van der Waals surface area contributed by atoms with Gasteiger partial charge in [-0.2, -0.15) is 10.4 Å². The quantitative estimate of drug-likeness (QED) is 0.924. The van der Waals surface area contributed by atoms with Crippen molar-refractivity contribution in [2.45, 2.75) is 31.6 Å². The van der Waals surface area contributed by atoms with Crippen molar-refractivity contribution in [3.05, 3.63) is 47.3 Å². The summed E-state index contributed by atoms with van der Waals surface area (Å²) in [7, 11) is 0. The molecule has 1 aromatic carbocycles. The molecule has 0 aliphatic carbocycles. The number of carbonyl (C=O) groups is 1. The molecule has 6 nitrogen and oxygen atoms in total. The highest BCUT2D eigenvalue weighted by Crippen LogP contribution is 2.28. The molecule has 0 unspecified atom stereocenters. The van der Waals surface area contributed by atoms with E-state index in [1.807, 2.05) is 23.1 Å². The van der Waals surface area contributed by atoms with Crippen LogP contribution in [0.1, 0.15) is 53.2 Å². The summed E-state index contributed by atoms with van der Waals surface area (Å²) < 4.78 is 0. The van der Waals surface area contributed by atoms with Gasteiger partial charge in [0.05, 0.1) is 11.3 Å². The number of amides is 1. The number of aromatic nitrogens is 2. The van der Waals surface area contributed by atoms with E-state index in [0.29, 0.717) is 23.6 Å². The zero-order chi connectivity index (χ0) is 17.9. The van der Waals surface area contributed by atoms with E-state index < -0.39 is 0 Å². The molecule has 1 aromatic heterocycles. The maximum absolute atomic E-state index is 13.0. The Balaban J connectivity index is 1.53. The van der Waals surface area contributed by atoms with E-state index in [1.54, 1.807) is 12.3 Å². The molecule has 0 bridgehead atoms. The number of aromatic amines is 1. The number of benzene rings is 1. The van der Waals surface area contributed by atoms with E-state index >= 15 is 0 Å². The van der Waals surface area contributed by atoms with Crippen molar-refractivity contribution in [1.29, 1.82) is 5.26 Å². The molecule has 0 saturated carbocycles. The summed E-state index contributed by atoms with van der Waals surface area (Å²) in [6, 6.07) is 9.83. The second kappa shape index (κ2) is 7.20. The number of anilines is 1. The number of nitrogens with zero attached hydrogens (tertiary/aromatic N) is 4. The lowest BCUT2D eigenvalue weighted by Gasteiger charge is -2.32. The third-order valence-electron chi connectivity index (χ3n) is 5.48. The Morgan fingerprint density at radius 2 is 2.04 bits per heavy atom. The SMILES string of the molecule is N#Cc1cc(C(=O)N2CCC[C@H](c3ccn[nH]3)C2)ccc1N1CCCC1. The predicted octanol–water partition coefficient (Wildman–Crippen LogP) is 2.90. The maximum Gasteiger partial charge on any atom is 0.253 e. The van der Waals surface area contributed by atoms with Crippen LogP contribution in [0.5, 0.6) is 0 Å². The fourth-order valence-electron chi connectivity index (χ4n) is 4.08. The minimum atomic E-state index is 0.0127. The van der Waals surface area contributed by atoms with Crippen LogP contribution in [0.25, 0.3) is 0 Å². The first-order valence-electron chi connectivity index (χ1n) is 9.34. The number of piperidine rings is 1. The van der Waals surface area contributed by atoms with Gasteiger partial charge < -0.3 is 9.80 Å². The van der Waals surface area contributed by atoms with Crippen molar-refractivity contribution >= 4 is 11.6 Å². The summed E-state index contributed by atoms with van der Waals surface area (Å²) >= 11 is 0. The van der Waals surface area contributed by atoms with Gasteiger partial charge in [-0.05, 0) is 49.9 Å². The summed E-state index contributed by atoms with van der Waals surface area (Å²) in [6.45, 7) is 3.43. The van der Waals surface area contributed by atoms with E-state index in [0.717, 1.165) is 56.7 Å². The molecule has 3 heterocycles. The van der Waals surface area contributed by atoms with E-state index in [4.69, 9.17) is 0 Å². The highest BCUT2D eigenvalue weighted by Gasteiger charge is 2.27. The molecule has 2 aliphatic rings. The number of nitriles is 1. The van der Waals surface area contributed by atoms with Crippen molar-refractivity contribution in [2.24, 2.45) is 0 Å². The van der Waals surface area contributed by atoms with E-state index in [9.17, 15) is 10.1 Å². The summed E-state index contributed by atoms with van der Waals surface area (Å²) in [5.74, 6) is 0.313. The molecule has 4 rings (SSSR count). The molecule has 6 heteroatoms. The monoisotopic (exact) mass is 349 g/mol. The second-order valence-electron chi connectivity index (χ2n) is 7.14. The molecule has 2 fully saturated rings. The fourth-order valence-corrected chi connectivity index (χ4v) is 4.08. The molecule has 1 amide bonds. The van der Waals surface area contributed by atoms with Crippen molar-refractivity contribution in [2.75, 3.05) is 31.1 Å². The first-order valence-corrected chi connectivity index (χ1v) is 9.34. The molecule has 26 heavy (non-hydrogen) atoms. The van der Waals surface area contributed by atoms with Crippen molar-refractivity contribution in [3.8, 4) is 6.07 Å². The number of likely N-dealkylation sites (tertiary alicyclic amines) is 1. The third-order valence-corrected chi connectivity index (χ3v) is 5.48. The van der Waals surface area contributed by atoms with E-state index in [1.165, 1.54) is 0 Å². The van der Waals surface area contributed by atoms with Crippen molar-refractivity contribution < 1.29 is 4.79 Å². The van der Waals surface area contributed by atoms with Gasteiger partial charge in [0, 0.05) is 49.6 Å². The second-order valence-corrected chi connectivity index (χ2v) is 7.14. The van der Waals surface area contributed by atoms with Crippen LogP contribution < -0.4 is 4.90 Å². The number of hydrogen-bond donors (Lipinski definition) is 1. The first kappa shape index (κ1) is 16.6. The number of rotatable bonds is 3. The third kappa shape index (κ3) is 3.17. The normalized spacial score (nSPS) is 20.2. The molecular weight excluding hydrogens is 326 g/mol. The van der Waals surface area contributed by atoms with Gasteiger partial charge >= 0.3 is 0 Å². The summed E-state index contributed by atoms with van der Waals surface area (Å²) in [5, 5.41) is 16.6. The Kier molecular flexibility index (Phi) is 4.61. The number of H-pyrrole nitrogens is 1. The van der Waals surface area contributed by atoms with E-state index in [2.05, 4.69) is 21.2 Å². The van der Waals surface area contributed by atoms with Crippen LogP contribution in [0.15, 0.2) is 30.5 Å². The van der Waals surface area contributed by atoms with Gasteiger partial charge in [-0.3, -0.25) is 9.89 Å². The highest BCUT2D eigenvalue weighted by atomic mass is 16.2. The number of nitrogens with one attached hydrogen (secondary N) is 1. The molecule has 1 N–H and O–H groups in total. The molecule has 0 spiro atoms.